The summed E-state index contributed by atoms with van der Waals surface area (Å²) in [4.78, 5) is 18.1. The number of likely N-dealkylation sites (tertiary alicyclic amines) is 1. The molecule has 110 valence electrons. The first-order chi connectivity index (χ1) is 10.1. The predicted octanol–water partition coefficient (Wildman–Crippen LogP) is 2.67. The van der Waals surface area contributed by atoms with Gasteiger partial charge in [0.15, 0.2) is 0 Å². The molecule has 1 aromatic carbocycles. The first kappa shape index (κ1) is 14.2. The fraction of sp³-hybridized carbons (Fsp3) is 0.308. The highest BCUT2D eigenvalue weighted by Gasteiger charge is 2.32. The lowest BCUT2D eigenvalue weighted by atomic mass is 10.0. The van der Waals surface area contributed by atoms with Gasteiger partial charge in [0.25, 0.3) is 5.91 Å². The van der Waals surface area contributed by atoms with Crippen LogP contribution in [-0.4, -0.2) is 32.5 Å². The summed E-state index contributed by atoms with van der Waals surface area (Å²) in [6, 6.07) is 5.39. The zero-order valence-corrected chi connectivity index (χ0v) is 12.5. The molecule has 0 radical (unpaired) electrons. The van der Waals surface area contributed by atoms with Crippen LogP contribution in [0, 0.1) is 0 Å². The Morgan fingerprint density at radius 1 is 1.38 bits per heavy atom. The van der Waals surface area contributed by atoms with E-state index in [-0.39, 0.29) is 23.7 Å². The van der Waals surface area contributed by atoms with Crippen molar-refractivity contribution in [2.24, 2.45) is 0 Å². The maximum Gasteiger partial charge on any atom is 0.291 e. The third-order valence-electron chi connectivity index (χ3n) is 3.55. The Kier molecular flexibility index (Phi) is 3.73. The molecular weight excluding hydrogens is 313 g/mol. The van der Waals surface area contributed by atoms with Crippen LogP contribution in [0.3, 0.4) is 0 Å². The lowest BCUT2D eigenvalue weighted by Gasteiger charge is -2.24. The van der Waals surface area contributed by atoms with Gasteiger partial charge >= 0.3 is 0 Å². The van der Waals surface area contributed by atoms with Gasteiger partial charge in [0.1, 0.15) is 0 Å². The van der Waals surface area contributed by atoms with Crippen LogP contribution in [0.1, 0.15) is 35.1 Å². The largest absolute Gasteiger partial charge is 0.366 e. The van der Waals surface area contributed by atoms with E-state index in [0.717, 1.165) is 18.4 Å². The van der Waals surface area contributed by atoms with Crippen molar-refractivity contribution in [3.8, 4) is 0 Å². The first-order valence-corrected chi connectivity index (χ1v) is 7.25. The van der Waals surface area contributed by atoms with Crippen molar-refractivity contribution in [1.29, 1.82) is 0 Å². The number of nitrogens with zero attached hydrogens (tertiary/aromatic N) is 3. The highest BCUT2D eigenvalue weighted by molar-refractivity contribution is 6.42. The summed E-state index contributed by atoms with van der Waals surface area (Å²) in [6.07, 6.45) is 1.79. The zero-order valence-electron chi connectivity index (χ0n) is 11.0. The van der Waals surface area contributed by atoms with Crippen LogP contribution in [-0.2, 0) is 0 Å². The number of carbonyl (C=O) groups is 1. The second-order valence-corrected chi connectivity index (χ2v) is 5.69. The minimum Gasteiger partial charge on any atom is -0.366 e. The summed E-state index contributed by atoms with van der Waals surface area (Å²) in [5, 5.41) is 7.22. The van der Waals surface area contributed by atoms with E-state index >= 15 is 0 Å². The zero-order chi connectivity index (χ0) is 15.0. The number of hydrogen-bond acceptors (Lipinski definition) is 4. The van der Waals surface area contributed by atoms with Crippen LogP contribution in [0.15, 0.2) is 18.2 Å². The molecule has 2 heterocycles. The number of amides is 1. The molecule has 8 heteroatoms. The SMILES string of the molecule is Nc1n[nH]c(C(=O)N2CCCC2c2ccc(Cl)c(Cl)c2)n1. The third kappa shape index (κ3) is 2.69. The van der Waals surface area contributed by atoms with Gasteiger partial charge in [0, 0.05) is 6.54 Å². The number of H-pyrrole nitrogens is 1. The topological polar surface area (TPSA) is 87.9 Å². The van der Waals surface area contributed by atoms with Gasteiger partial charge in [-0.2, -0.15) is 4.98 Å². The molecule has 6 nitrogen and oxygen atoms in total. The third-order valence-corrected chi connectivity index (χ3v) is 4.29. The maximum atomic E-state index is 12.5. The monoisotopic (exact) mass is 325 g/mol. The van der Waals surface area contributed by atoms with E-state index in [2.05, 4.69) is 15.2 Å². The second kappa shape index (κ2) is 5.54. The minimum absolute atomic E-state index is 0.0430. The number of nitrogens with two attached hydrogens (primary N) is 1. The average molecular weight is 326 g/mol. The van der Waals surface area contributed by atoms with E-state index in [9.17, 15) is 4.79 Å². The molecule has 1 fully saturated rings. The molecule has 1 unspecified atom stereocenters. The highest BCUT2D eigenvalue weighted by Crippen LogP contribution is 2.35. The number of halogens is 2. The van der Waals surface area contributed by atoms with Crippen molar-refractivity contribution in [1.82, 2.24) is 20.1 Å². The molecule has 3 rings (SSSR count). The molecular formula is C13H13Cl2N5O. The van der Waals surface area contributed by atoms with E-state index in [1.54, 1.807) is 17.0 Å². The minimum atomic E-state index is -0.215. The summed E-state index contributed by atoms with van der Waals surface area (Å²) >= 11 is 12.0. The van der Waals surface area contributed by atoms with Crippen molar-refractivity contribution < 1.29 is 4.79 Å². The van der Waals surface area contributed by atoms with Crippen LogP contribution in [0.25, 0.3) is 0 Å². The second-order valence-electron chi connectivity index (χ2n) is 4.87. The quantitative estimate of drug-likeness (QED) is 0.888. The number of aromatic amines is 1. The van der Waals surface area contributed by atoms with E-state index in [0.29, 0.717) is 16.6 Å². The molecule has 1 saturated heterocycles. The van der Waals surface area contributed by atoms with Gasteiger partial charge in [-0.15, -0.1) is 5.10 Å². The summed E-state index contributed by atoms with van der Waals surface area (Å²) in [6.45, 7) is 0.657. The molecule has 1 aliphatic rings. The molecule has 2 aromatic rings. The van der Waals surface area contributed by atoms with E-state index in [1.807, 2.05) is 6.07 Å². The highest BCUT2D eigenvalue weighted by atomic mass is 35.5. The average Bonchev–Trinajstić information content (AvgIpc) is 3.10. The predicted molar refractivity (Wildman–Crippen MR) is 80.3 cm³/mol. The van der Waals surface area contributed by atoms with Gasteiger partial charge in [0.2, 0.25) is 11.8 Å². The van der Waals surface area contributed by atoms with E-state index < -0.39 is 0 Å². The van der Waals surface area contributed by atoms with Gasteiger partial charge in [-0.3, -0.25) is 9.89 Å². The molecule has 21 heavy (non-hydrogen) atoms. The van der Waals surface area contributed by atoms with Crippen LogP contribution in [0.4, 0.5) is 5.95 Å². The Balaban J connectivity index is 1.88. The normalized spacial score (nSPS) is 18.2. The fourth-order valence-electron chi connectivity index (χ4n) is 2.58. The van der Waals surface area contributed by atoms with Crippen LogP contribution in [0.5, 0.6) is 0 Å². The number of nitrogen functional groups attached to an aromatic ring is 1. The van der Waals surface area contributed by atoms with Crippen molar-refractivity contribution >= 4 is 35.1 Å². The summed E-state index contributed by atoms with van der Waals surface area (Å²) in [7, 11) is 0. The number of rotatable bonds is 2. The molecule has 3 N–H and O–H groups in total. The molecule has 1 amide bonds. The summed E-state index contributed by atoms with van der Waals surface area (Å²) in [5.41, 5.74) is 6.40. The Morgan fingerprint density at radius 3 is 2.86 bits per heavy atom. The lowest BCUT2D eigenvalue weighted by molar-refractivity contribution is 0.0723. The molecule has 1 atom stereocenters. The number of hydrogen-bond donors (Lipinski definition) is 2. The van der Waals surface area contributed by atoms with Gasteiger partial charge in [-0.05, 0) is 30.5 Å². The maximum absolute atomic E-state index is 12.5. The van der Waals surface area contributed by atoms with Crippen molar-refractivity contribution in [3.63, 3.8) is 0 Å². The smallest absolute Gasteiger partial charge is 0.291 e. The van der Waals surface area contributed by atoms with Crippen LogP contribution < -0.4 is 5.73 Å². The Morgan fingerprint density at radius 2 is 2.19 bits per heavy atom. The number of aromatic nitrogens is 3. The van der Waals surface area contributed by atoms with Crippen molar-refractivity contribution in [2.45, 2.75) is 18.9 Å². The van der Waals surface area contributed by atoms with Gasteiger partial charge in [0.05, 0.1) is 16.1 Å². The lowest BCUT2D eigenvalue weighted by Crippen LogP contribution is -2.31. The van der Waals surface area contributed by atoms with E-state index in [1.165, 1.54) is 0 Å². The molecule has 1 aromatic heterocycles. The number of benzene rings is 1. The van der Waals surface area contributed by atoms with Gasteiger partial charge in [-0.1, -0.05) is 29.3 Å². The molecule has 0 aliphatic carbocycles. The number of nitrogens with one attached hydrogen (secondary N) is 1. The molecule has 0 bridgehead atoms. The number of carbonyl (C=O) groups excluding carboxylic acids is 1. The first-order valence-electron chi connectivity index (χ1n) is 6.50. The van der Waals surface area contributed by atoms with E-state index in [4.69, 9.17) is 28.9 Å². The van der Waals surface area contributed by atoms with Crippen LogP contribution in [0.2, 0.25) is 10.0 Å². The summed E-state index contributed by atoms with van der Waals surface area (Å²) < 4.78 is 0. The summed E-state index contributed by atoms with van der Waals surface area (Å²) in [5.74, 6) is -0.00383. The van der Waals surface area contributed by atoms with Gasteiger partial charge in [-0.25, -0.2) is 0 Å². The standard InChI is InChI=1S/C13H13Cl2N5O/c14-8-4-3-7(6-9(8)15)10-2-1-5-20(10)12(21)11-17-13(16)19-18-11/h3-4,6,10H,1-2,5H2,(H3,16,17,18,19). The van der Waals surface area contributed by atoms with Crippen molar-refractivity contribution in [2.75, 3.05) is 12.3 Å². The fourth-order valence-corrected chi connectivity index (χ4v) is 2.89. The number of anilines is 1. The molecule has 1 aliphatic heterocycles. The molecule has 0 spiro atoms. The van der Waals surface area contributed by atoms with Crippen molar-refractivity contribution in [3.05, 3.63) is 39.6 Å². The Labute approximate surface area is 131 Å². The molecule has 0 saturated carbocycles. The van der Waals surface area contributed by atoms with Gasteiger partial charge < -0.3 is 10.6 Å². The Bertz CT molecular complexity index is 687. The Hall–Kier alpha value is -1.79. The van der Waals surface area contributed by atoms with Crippen LogP contribution >= 0.6 is 23.2 Å².